The first-order valence-corrected chi connectivity index (χ1v) is 7.74. The van der Waals surface area contributed by atoms with E-state index in [4.69, 9.17) is 4.74 Å². The first kappa shape index (κ1) is 15.7. The minimum atomic E-state index is -0.309. The summed E-state index contributed by atoms with van der Waals surface area (Å²) < 4.78 is 5.42. The maximum Gasteiger partial charge on any atom is 0.264 e. The predicted molar refractivity (Wildman–Crippen MR) is 94.3 cm³/mol. The fourth-order valence-electron chi connectivity index (χ4n) is 2.26. The van der Waals surface area contributed by atoms with E-state index in [2.05, 4.69) is 20.6 Å². The third-order valence-electron chi connectivity index (χ3n) is 3.31. The van der Waals surface area contributed by atoms with Crippen molar-refractivity contribution in [2.75, 3.05) is 23.8 Å². The Morgan fingerprint density at radius 3 is 2.58 bits per heavy atom. The maximum absolute atomic E-state index is 12.1. The van der Waals surface area contributed by atoms with Gasteiger partial charge in [0.25, 0.3) is 5.91 Å². The summed E-state index contributed by atoms with van der Waals surface area (Å²) in [6.45, 7) is 2.62. The molecule has 0 radical (unpaired) electrons. The summed E-state index contributed by atoms with van der Waals surface area (Å²) in [5, 5.41) is 6.78. The highest BCUT2D eigenvalue weighted by atomic mass is 16.5. The summed E-state index contributed by atoms with van der Waals surface area (Å²) in [5.74, 6) is 1.28. The summed E-state index contributed by atoms with van der Waals surface area (Å²) in [7, 11) is 0. The number of carbonyl (C=O) groups is 1. The van der Waals surface area contributed by atoms with Gasteiger partial charge in [-0.15, -0.1) is 0 Å². The van der Waals surface area contributed by atoms with Crippen LogP contribution in [0.2, 0.25) is 0 Å². The highest BCUT2D eigenvalue weighted by molar-refractivity contribution is 5.94. The van der Waals surface area contributed by atoms with Gasteiger partial charge in [-0.2, -0.15) is 4.98 Å². The maximum atomic E-state index is 12.1. The fraction of sp³-hybridized carbons (Fsp3) is 0.167. The average Bonchev–Trinajstić information content (AvgIpc) is 2.61. The molecular weight excluding hydrogens is 304 g/mol. The lowest BCUT2D eigenvalue weighted by molar-refractivity contribution is -0.118. The Hall–Kier alpha value is -3.15. The monoisotopic (exact) mass is 322 g/mol. The molecule has 3 aromatic rings. The van der Waals surface area contributed by atoms with Crippen LogP contribution in [-0.2, 0) is 4.79 Å². The standard InChI is InChI=1S/C18H18N4O2/c1-2-19-17-14-10-6-7-11-15(14)20-18(22-17)21-16(23)12-24-13-8-4-3-5-9-13/h3-11H,2,12H2,1H3,(H2,19,20,21,22,23). The summed E-state index contributed by atoms with van der Waals surface area (Å²) in [4.78, 5) is 20.8. The molecule has 0 saturated heterocycles. The Bertz CT molecular complexity index is 837. The Morgan fingerprint density at radius 1 is 1.04 bits per heavy atom. The van der Waals surface area contributed by atoms with Gasteiger partial charge in [0.15, 0.2) is 6.61 Å². The molecule has 0 spiro atoms. The van der Waals surface area contributed by atoms with Gasteiger partial charge in [0, 0.05) is 11.9 Å². The van der Waals surface area contributed by atoms with E-state index in [1.165, 1.54) is 0 Å². The van der Waals surface area contributed by atoms with Crippen LogP contribution in [0.1, 0.15) is 6.92 Å². The van der Waals surface area contributed by atoms with Gasteiger partial charge >= 0.3 is 0 Å². The second kappa shape index (κ2) is 7.41. The molecule has 0 saturated carbocycles. The van der Waals surface area contributed by atoms with Gasteiger partial charge in [-0.25, -0.2) is 4.98 Å². The van der Waals surface area contributed by atoms with Gasteiger partial charge in [0.2, 0.25) is 5.95 Å². The van der Waals surface area contributed by atoms with Crippen LogP contribution in [0.25, 0.3) is 10.9 Å². The SMILES string of the molecule is CCNc1nc(NC(=O)COc2ccccc2)nc2ccccc12. The van der Waals surface area contributed by atoms with Gasteiger partial charge in [-0.3, -0.25) is 10.1 Å². The molecule has 24 heavy (non-hydrogen) atoms. The van der Waals surface area contributed by atoms with E-state index in [1.54, 1.807) is 12.1 Å². The predicted octanol–water partition coefficient (Wildman–Crippen LogP) is 3.08. The van der Waals surface area contributed by atoms with Gasteiger partial charge in [-0.1, -0.05) is 30.3 Å². The van der Waals surface area contributed by atoms with E-state index >= 15 is 0 Å². The molecule has 2 aromatic carbocycles. The number of anilines is 2. The van der Waals surface area contributed by atoms with Crippen LogP contribution >= 0.6 is 0 Å². The first-order chi connectivity index (χ1) is 11.8. The summed E-state index contributed by atoms with van der Waals surface area (Å²) in [5.41, 5.74) is 0.766. The van der Waals surface area contributed by atoms with E-state index < -0.39 is 0 Å². The smallest absolute Gasteiger partial charge is 0.264 e. The molecule has 0 aliphatic carbocycles. The fourth-order valence-corrected chi connectivity index (χ4v) is 2.26. The normalized spacial score (nSPS) is 10.4. The molecule has 6 heteroatoms. The minimum Gasteiger partial charge on any atom is -0.484 e. The molecule has 0 fully saturated rings. The van der Waals surface area contributed by atoms with Crippen molar-refractivity contribution >= 4 is 28.6 Å². The van der Waals surface area contributed by atoms with E-state index in [9.17, 15) is 4.79 Å². The van der Waals surface area contributed by atoms with E-state index in [0.717, 1.165) is 17.4 Å². The van der Waals surface area contributed by atoms with Crippen molar-refractivity contribution in [3.63, 3.8) is 0 Å². The number of benzene rings is 2. The summed E-state index contributed by atoms with van der Waals surface area (Å²) in [6, 6.07) is 16.8. The lowest BCUT2D eigenvalue weighted by Gasteiger charge is -2.10. The largest absolute Gasteiger partial charge is 0.484 e. The second-order valence-corrected chi connectivity index (χ2v) is 5.09. The topological polar surface area (TPSA) is 76.1 Å². The van der Waals surface area contributed by atoms with Crippen LogP contribution in [0, 0.1) is 0 Å². The number of para-hydroxylation sites is 2. The van der Waals surface area contributed by atoms with Crippen LogP contribution in [0.15, 0.2) is 54.6 Å². The van der Waals surface area contributed by atoms with Gasteiger partial charge in [0.05, 0.1) is 5.52 Å². The number of hydrogen-bond donors (Lipinski definition) is 2. The second-order valence-electron chi connectivity index (χ2n) is 5.09. The van der Waals surface area contributed by atoms with Crippen molar-refractivity contribution in [1.29, 1.82) is 0 Å². The van der Waals surface area contributed by atoms with Crippen LogP contribution in [0.5, 0.6) is 5.75 Å². The molecule has 1 aromatic heterocycles. The summed E-state index contributed by atoms with van der Waals surface area (Å²) in [6.07, 6.45) is 0. The molecule has 1 amide bonds. The molecule has 0 bridgehead atoms. The van der Waals surface area contributed by atoms with Gasteiger partial charge in [0.1, 0.15) is 11.6 Å². The lowest BCUT2D eigenvalue weighted by Crippen LogP contribution is -2.21. The zero-order chi connectivity index (χ0) is 16.8. The number of ether oxygens (including phenoxy) is 1. The quantitative estimate of drug-likeness (QED) is 0.729. The summed E-state index contributed by atoms with van der Waals surface area (Å²) >= 11 is 0. The highest BCUT2D eigenvalue weighted by Crippen LogP contribution is 2.21. The zero-order valence-corrected chi connectivity index (χ0v) is 13.3. The molecule has 122 valence electrons. The van der Waals surface area contributed by atoms with Gasteiger partial charge in [-0.05, 0) is 31.2 Å². The van der Waals surface area contributed by atoms with Crippen molar-refractivity contribution in [2.24, 2.45) is 0 Å². The lowest BCUT2D eigenvalue weighted by atomic mass is 10.2. The Kier molecular flexibility index (Phi) is 4.86. The van der Waals surface area contributed by atoms with Crippen LogP contribution in [0.4, 0.5) is 11.8 Å². The zero-order valence-electron chi connectivity index (χ0n) is 13.3. The molecule has 0 aliphatic heterocycles. The molecule has 6 nitrogen and oxygen atoms in total. The first-order valence-electron chi connectivity index (χ1n) is 7.74. The van der Waals surface area contributed by atoms with Crippen molar-refractivity contribution in [1.82, 2.24) is 9.97 Å². The molecule has 2 N–H and O–H groups in total. The van der Waals surface area contributed by atoms with Crippen molar-refractivity contribution in [3.05, 3.63) is 54.6 Å². The molecular formula is C18H18N4O2. The van der Waals surface area contributed by atoms with Gasteiger partial charge < -0.3 is 10.1 Å². The number of fused-ring (bicyclic) bond motifs is 1. The molecule has 0 unspecified atom stereocenters. The molecule has 0 aliphatic rings. The third-order valence-corrected chi connectivity index (χ3v) is 3.31. The molecule has 0 atom stereocenters. The Balaban J connectivity index is 1.73. The van der Waals surface area contributed by atoms with Crippen LogP contribution in [0.3, 0.4) is 0 Å². The number of nitrogens with one attached hydrogen (secondary N) is 2. The third kappa shape index (κ3) is 3.78. The van der Waals surface area contributed by atoms with Crippen LogP contribution < -0.4 is 15.4 Å². The number of rotatable bonds is 6. The molecule has 3 rings (SSSR count). The number of aromatic nitrogens is 2. The van der Waals surface area contributed by atoms with Crippen molar-refractivity contribution in [3.8, 4) is 5.75 Å². The van der Waals surface area contributed by atoms with Crippen LogP contribution in [-0.4, -0.2) is 29.0 Å². The number of carbonyl (C=O) groups excluding carboxylic acids is 1. The minimum absolute atomic E-state index is 0.100. The van der Waals surface area contributed by atoms with E-state index in [-0.39, 0.29) is 18.5 Å². The van der Waals surface area contributed by atoms with Crippen molar-refractivity contribution in [2.45, 2.75) is 6.92 Å². The van der Waals surface area contributed by atoms with Crippen molar-refractivity contribution < 1.29 is 9.53 Å². The number of hydrogen-bond acceptors (Lipinski definition) is 5. The molecule has 1 heterocycles. The van der Waals surface area contributed by atoms with E-state index in [1.807, 2.05) is 49.4 Å². The average molecular weight is 322 g/mol. The Morgan fingerprint density at radius 2 is 1.79 bits per heavy atom. The number of amides is 1. The van der Waals surface area contributed by atoms with E-state index in [0.29, 0.717) is 11.6 Å². The highest BCUT2D eigenvalue weighted by Gasteiger charge is 2.10. The number of nitrogens with zero attached hydrogens (tertiary/aromatic N) is 2. The Labute approximate surface area is 139 Å².